The number of imide groups is 1. The summed E-state index contributed by atoms with van der Waals surface area (Å²) < 4.78 is 5.11. The van der Waals surface area contributed by atoms with E-state index in [0.717, 1.165) is 64.6 Å². The van der Waals surface area contributed by atoms with Crippen LogP contribution in [0.4, 0.5) is 10.5 Å². The first-order valence-corrected chi connectivity index (χ1v) is 12.3. The summed E-state index contributed by atoms with van der Waals surface area (Å²) in [6.07, 6.45) is 2.37. The second kappa shape index (κ2) is 9.62. The fourth-order valence-corrected chi connectivity index (χ4v) is 5.25. The number of carbonyl (C=O) groups excluding carboxylic acids is 2. The zero-order valence-electron chi connectivity index (χ0n) is 20.2. The van der Waals surface area contributed by atoms with Gasteiger partial charge in [-0.25, -0.2) is 0 Å². The highest BCUT2D eigenvalue weighted by Gasteiger charge is 2.38. The van der Waals surface area contributed by atoms with Crippen LogP contribution in [0.1, 0.15) is 50.8 Å². The molecule has 2 amide bonds. The van der Waals surface area contributed by atoms with Gasteiger partial charge >= 0.3 is 5.24 Å². The van der Waals surface area contributed by atoms with Crippen molar-refractivity contribution in [1.82, 2.24) is 5.01 Å². The molecule has 0 unspecified atom stereocenters. The van der Waals surface area contributed by atoms with Crippen molar-refractivity contribution in [3.8, 4) is 5.75 Å². The van der Waals surface area contributed by atoms with Crippen LogP contribution in [-0.4, -0.2) is 52.6 Å². The van der Waals surface area contributed by atoms with Gasteiger partial charge in [0.2, 0.25) is 6.41 Å². The van der Waals surface area contributed by atoms with Gasteiger partial charge in [0.05, 0.1) is 23.1 Å². The van der Waals surface area contributed by atoms with Crippen molar-refractivity contribution in [1.29, 1.82) is 0 Å². The number of thioether (sulfide) groups is 1. The molecule has 0 saturated carbocycles. The lowest BCUT2D eigenvalue weighted by molar-refractivity contribution is -0.115. The number of hydrogen-bond donors (Lipinski definition) is 0. The first-order chi connectivity index (χ1) is 16.2. The zero-order valence-corrected chi connectivity index (χ0v) is 21.1. The minimum absolute atomic E-state index is 0.117. The van der Waals surface area contributed by atoms with Gasteiger partial charge in [0.25, 0.3) is 0 Å². The Labute approximate surface area is 204 Å². The Morgan fingerprint density at radius 2 is 2.00 bits per heavy atom. The highest BCUT2D eigenvalue weighted by atomic mass is 32.2. The summed E-state index contributed by atoms with van der Waals surface area (Å²) in [7, 11) is 1.68. The quantitative estimate of drug-likeness (QED) is 0.339. The monoisotopic (exact) mass is 478 g/mol. The SMILES string of the molecule is COc1ccccc1/C(=N/C(C)C)N1CCCc2cc(C3=NN(C=O)C(=O)SC3(C)C)ccc21. The molecule has 34 heavy (non-hydrogen) atoms. The number of nitrogens with zero attached hydrogens (tertiary/aromatic N) is 4. The molecule has 8 heteroatoms. The fraction of sp³-hybridized carbons (Fsp3) is 0.385. The van der Waals surface area contributed by atoms with Crippen molar-refractivity contribution in [3.05, 3.63) is 59.2 Å². The molecular formula is C26H30N4O3S. The number of benzene rings is 2. The molecule has 2 aromatic carbocycles. The Hall–Kier alpha value is -3.13. The summed E-state index contributed by atoms with van der Waals surface area (Å²) in [5.74, 6) is 1.68. The van der Waals surface area contributed by atoms with E-state index >= 15 is 0 Å². The molecule has 178 valence electrons. The van der Waals surface area contributed by atoms with Crippen LogP contribution in [0.25, 0.3) is 0 Å². The second-order valence-electron chi connectivity index (χ2n) is 9.12. The highest BCUT2D eigenvalue weighted by molar-refractivity contribution is 8.15. The summed E-state index contributed by atoms with van der Waals surface area (Å²) in [5, 5.41) is 4.89. The lowest BCUT2D eigenvalue weighted by Gasteiger charge is -2.35. The number of ether oxygens (including phenoxy) is 1. The fourth-order valence-electron chi connectivity index (χ4n) is 4.38. The largest absolute Gasteiger partial charge is 0.496 e. The topological polar surface area (TPSA) is 74.6 Å². The molecule has 0 atom stereocenters. The number of rotatable bonds is 5. The molecule has 4 rings (SSSR count). The third kappa shape index (κ3) is 4.59. The van der Waals surface area contributed by atoms with Gasteiger partial charge in [-0.1, -0.05) is 18.2 Å². The Bertz CT molecular complexity index is 1170. The summed E-state index contributed by atoms with van der Waals surface area (Å²) in [5.41, 5.74) is 4.88. The number of fused-ring (bicyclic) bond motifs is 1. The molecule has 7 nitrogen and oxygen atoms in total. The van der Waals surface area contributed by atoms with E-state index in [9.17, 15) is 9.59 Å². The van der Waals surface area contributed by atoms with Crippen molar-refractivity contribution in [2.45, 2.75) is 51.3 Å². The Morgan fingerprint density at radius 1 is 1.24 bits per heavy atom. The minimum atomic E-state index is -0.541. The van der Waals surface area contributed by atoms with Gasteiger partial charge in [-0.2, -0.15) is 10.1 Å². The van der Waals surface area contributed by atoms with E-state index in [1.807, 2.05) is 44.2 Å². The van der Waals surface area contributed by atoms with Gasteiger partial charge < -0.3 is 9.64 Å². The minimum Gasteiger partial charge on any atom is -0.496 e. The number of hydrogen-bond acceptors (Lipinski definition) is 6. The number of hydrazone groups is 1. The molecule has 0 aliphatic carbocycles. The molecule has 2 aliphatic rings. The number of para-hydroxylation sites is 1. The molecule has 2 aliphatic heterocycles. The Balaban J connectivity index is 1.79. The van der Waals surface area contributed by atoms with Gasteiger partial charge in [0.1, 0.15) is 11.6 Å². The first kappa shape index (κ1) is 24.0. The van der Waals surface area contributed by atoms with Crippen LogP contribution in [-0.2, 0) is 11.2 Å². The highest BCUT2D eigenvalue weighted by Crippen LogP contribution is 2.38. The molecule has 0 saturated heterocycles. The zero-order chi connectivity index (χ0) is 24.5. The van der Waals surface area contributed by atoms with E-state index in [1.54, 1.807) is 7.11 Å². The predicted molar refractivity (Wildman–Crippen MR) is 138 cm³/mol. The average molecular weight is 479 g/mol. The van der Waals surface area contributed by atoms with Gasteiger partial charge in [-0.3, -0.25) is 14.6 Å². The number of anilines is 1. The number of methoxy groups -OCH3 is 1. The number of aliphatic imine (C=N–C) groups is 1. The molecule has 0 aromatic heterocycles. The first-order valence-electron chi connectivity index (χ1n) is 11.4. The number of carbonyl (C=O) groups is 2. The van der Waals surface area contributed by atoms with Gasteiger partial charge in [0, 0.05) is 18.3 Å². The molecule has 0 spiro atoms. The van der Waals surface area contributed by atoms with E-state index < -0.39 is 4.75 Å². The third-order valence-electron chi connectivity index (χ3n) is 5.86. The van der Waals surface area contributed by atoms with Gasteiger partial charge in [-0.15, -0.1) is 0 Å². The van der Waals surface area contributed by atoms with Crippen LogP contribution < -0.4 is 9.64 Å². The molecule has 0 N–H and O–H groups in total. The van der Waals surface area contributed by atoms with Gasteiger partial charge in [-0.05, 0) is 87.7 Å². The van der Waals surface area contributed by atoms with Crippen LogP contribution in [0.3, 0.4) is 0 Å². The van der Waals surface area contributed by atoms with Gasteiger partial charge in [0.15, 0.2) is 0 Å². The van der Waals surface area contributed by atoms with Crippen molar-refractivity contribution in [2.75, 3.05) is 18.6 Å². The second-order valence-corrected chi connectivity index (χ2v) is 10.7. The maximum Gasteiger partial charge on any atom is 0.309 e. The standard InChI is InChI=1S/C26H30N4O3S/c1-17(2)27-24(20-10-6-7-11-22(20)33-5)29-14-8-9-18-15-19(12-13-21(18)29)23-26(3,4)34-25(32)30(16-31)28-23/h6-7,10-13,15-17H,8-9,14H2,1-5H3/b27-24-. The summed E-state index contributed by atoms with van der Waals surface area (Å²) >= 11 is 1.11. The van der Waals surface area contributed by atoms with E-state index in [0.29, 0.717) is 12.1 Å². The van der Waals surface area contributed by atoms with E-state index in [4.69, 9.17) is 9.73 Å². The van der Waals surface area contributed by atoms with Crippen LogP contribution in [0.5, 0.6) is 5.75 Å². The summed E-state index contributed by atoms with van der Waals surface area (Å²) in [6, 6.07) is 14.3. The molecular weight excluding hydrogens is 448 g/mol. The number of aryl methyl sites for hydroxylation is 1. The molecule has 2 heterocycles. The predicted octanol–water partition coefficient (Wildman–Crippen LogP) is 5.11. The van der Waals surface area contributed by atoms with Crippen LogP contribution in [0.2, 0.25) is 0 Å². The molecule has 2 aromatic rings. The lowest BCUT2D eigenvalue weighted by Crippen LogP contribution is -2.41. The van der Waals surface area contributed by atoms with Crippen molar-refractivity contribution >= 4 is 40.6 Å². The van der Waals surface area contributed by atoms with E-state index in [1.165, 1.54) is 5.56 Å². The smallest absolute Gasteiger partial charge is 0.309 e. The van der Waals surface area contributed by atoms with Crippen LogP contribution in [0, 0.1) is 0 Å². The number of amidine groups is 1. The molecule has 0 bridgehead atoms. The van der Waals surface area contributed by atoms with Crippen LogP contribution in [0.15, 0.2) is 52.6 Å². The third-order valence-corrected chi connectivity index (χ3v) is 6.93. The maximum absolute atomic E-state index is 12.2. The summed E-state index contributed by atoms with van der Waals surface area (Å²) in [4.78, 5) is 30.8. The molecule has 0 fully saturated rings. The van der Waals surface area contributed by atoms with Crippen LogP contribution >= 0.6 is 11.8 Å². The maximum atomic E-state index is 12.2. The average Bonchev–Trinajstić information content (AvgIpc) is 2.81. The summed E-state index contributed by atoms with van der Waals surface area (Å²) in [6.45, 7) is 8.91. The molecule has 0 radical (unpaired) electrons. The lowest BCUT2D eigenvalue weighted by atomic mass is 9.93. The van der Waals surface area contributed by atoms with E-state index in [-0.39, 0.29) is 11.3 Å². The van der Waals surface area contributed by atoms with Crippen molar-refractivity contribution in [2.24, 2.45) is 10.1 Å². The number of amides is 2. The van der Waals surface area contributed by atoms with Crippen molar-refractivity contribution < 1.29 is 14.3 Å². The van der Waals surface area contributed by atoms with E-state index in [2.05, 4.69) is 36.0 Å². The van der Waals surface area contributed by atoms with Crippen molar-refractivity contribution in [3.63, 3.8) is 0 Å². The Kier molecular flexibility index (Phi) is 6.79. The Morgan fingerprint density at radius 3 is 2.71 bits per heavy atom. The normalized spacial score (nSPS) is 18.0.